The molecule has 3 saturated carbocycles. The first-order valence-electron chi connectivity index (χ1n) is 10.3. The van der Waals surface area contributed by atoms with Crippen LogP contribution in [0.5, 0.6) is 17.2 Å². The summed E-state index contributed by atoms with van der Waals surface area (Å²) in [6.07, 6.45) is 1.45. The van der Waals surface area contributed by atoms with Crippen molar-refractivity contribution in [1.29, 1.82) is 0 Å². The molecule has 0 aromatic heterocycles. The molecule has 1 aliphatic heterocycles. The van der Waals surface area contributed by atoms with Crippen molar-refractivity contribution >= 4 is 23.4 Å². The molecule has 2 amide bonds. The first-order chi connectivity index (χ1) is 14.9. The number of aryl methyl sites for hydroxylation is 1. The van der Waals surface area contributed by atoms with Gasteiger partial charge >= 0.3 is 0 Å². The quantitative estimate of drug-likeness (QED) is 0.718. The molecule has 6 rings (SSSR count). The Morgan fingerprint density at radius 1 is 1.10 bits per heavy atom. The summed E-state index contributed by atoms with van der Waals surface area (Å²) in [5, 5.41) is 6.80. The second-order valence-electron chi connectivity index (χ2n) is 8.69. The van der Waals surface area contributed by atoms with Crippen LogP contribution in [0.4, 0.5) is 0 Å². The van der Waals surface area contributed by atoms with Crippen LogP contribution in [0, 0.1) is 6.92 Å². The highest BCUT2D eigenvalue weighted by Gasteiger charge is 2.69. The highest BCUT2D eigenvalue weighted by atomic mass is 35.5. The number of amides is 2. The number of ether oxygens (including phenoxy) is 3. The van der Waals surface area contributed by atoms with Gasteiger partial charge in [0.1, 0.15) is 12.4 Å². The Morgan fingerprint density at radius 3 is 2.55 bits per heavy atom. The third-order valence-corrected chi connectivity index (χ3v) is 6.55. The fraction of sp³-hybridized carbons (Fsp3) is 0.391. The van der Waals surface area contributed by atoms with Crippen molar-refractivity contribution in [2.45, 2.75) is 43.4 Å². The van der Waals surface area contributed by atoms with Gasteiger partial charge in [-0.2, -0.15) is 0 Å². The predicted octanol–water partition coefficient (Wildman–Crippen LogP) is 2.77. The number of carbonyl (C=O) groups is 2. The van der Waals surface area contributed by atoms with E-state index < -0.39 is 6.10 Å². The number of fused-ring (bicyclic) bond motifs is 1. The van der Waals surface area contributed by atoms with Crippen LogP contribution in [0.3, 0.4) is 0 Å². The highest BCUT2D eigenvalue weighted by Crippen LogP contribution is 2.60. The van der Waals surface area contributed by atoms with E-state index in [0.29, 0.717) is 41.5 Å². The topological polar surface area (TPSA) is 85.9 Å². The van der Waals surface area contributed by atoms with Crippen molar-refractivity contribution in [3.63, 3.8) is 0 Å². The van der Waals surface area contributed by atoms with Crippen LogP contribution in [0.25, 0.3) is 0 Å². The molecule has 1 heterocycles. The molecule has 3 fully saturated rings. The van der Waals surface area contributed by atoms with Gasteiger partial charge in [-0.1, -0.05) is 23.7 Å². The third kappa shape index (κ3) is 3.78. The number of nitrogens with one attached hydrogen (secondary N) is 2. The van der Waals surface area contributed by atoms with Gasteiger partial charge in [-0.3, -0.25) is 9.59 Å². The summed E-state index contributed by atoms with van der Waals surface area (Å²) in [6, 6.07) is 12.6. The molecule has 0 saturated heterocycles. The van der Waals surface area contributed by atoms with Gasteiger partial charge in [-0.15, -0.1) is 0 Å². The summed E-state index contributed by atoms with van der Waals surface area (Å²) in [4.78, 5) is 25.0. The van der Waals surface area contributed by atoms with Crippen molar-refractivity contribution in [3.05, 3.63) is 53.1 Å². The van der Waals surface area contributed by atoms with Gasteiger partial charge in [-0.05, 0) is 62.1 Å². The summed E-state index contributed by atoms with van der Waals surface area (Å²) in [5.41, 5.74) is 0.381. The maximum atomic E-state index is 12.6. The van der Waals surface area contributed by atoms with Crippen molar-refractivity contribution in [3.8, 4) is 17.2 Å². The van der Waals surface area contributed by atoms with E-state index in [2.05, 4.69) is 10.6 Å². The van der Waals surface area contributed by atoms with E-state index in [1.165, 1.54) is 0 Å². The zero-order valence-electron chi connectivity index (χ0n) is 17.1. The highest BCUT2D eigenvalue weighted by molar-refractivity contribution is 6.31. The standard InChI is InChI=1S/C23H23ClN2O5/c1-14-8-15(6-7-16(14)24)29-10-20(27)25-22-11-23(12-22,13-22)26-21(28)19-9-30-17-4-2-3-5-18(17)31-19/h2-8,19H,9-13H2,1H3,(H,25,27)(H,26,28). The molecule has 2 bridgehead atoms. The monoisotopic (exact) mass is 442 g/mol. The van der Waals surface area contributed by atoms with Crippen LogP contribution in [0.2, 0.25) is 5.02 Å². The molecule has 8 heteroatoms. The first kappa shape index (κ1) is 20.0. The normalized spacial score (nSPS) is 27.4. The Hall–Kier alpha value is -2.93. The van der Waals surface area contributed by atoms with Crippen LogP contribution in [0.15, 0.2) is 42.5 Å². The maximum absolute atomic E-state index is 12.6. The molecular formula is C23H23ClN2O5. The van der Waals surface area contributed by atoms with E-state index in [-0.39, 0.29) is 36.1 Å². The summed E-state index contributed by atoms with van der Waals surface area (Å²) >= 11 is 6.00. The second-order valence-corrected chi connectivity index (χ2v) is 9.10. The summed E-state index contributed by atoms with van der Waals surface area (Å²) in [5.74, 6) is 1.47. The number of halogens is 1. The van der Waals surface area contributed by atoms with Crippen LogP contribution < -0.4 is 24.8 Å². The van der Waals surface area contributed by atoms with Crippen LogP contribution in [-0.4, -0.2) is 42.2 Å². The lowest BCUT2D eigenvalue weighted by molar-refractivity contribution is -0.155. The Labute approximate surface area is 185 Å². The van der Waals surface area contributed by atoms with Gasteiger partial charge in [0.05, 0.1) is 0 Å². The molecule has 2 aromatic carbocycles. The minimum absolute atomic E-state index is 0.0607. The average Bonchev–Trinajstić information content (AvgIpc) is 2.71. The Kier molecular flexibility index (Phi) is 4.73. The first-order valence-corrected chi connectivity index (χ1v) is 10.6. The van der Waals surface area contributed by atoms with Crippen LogP contribution >= 0.6 is 11.6 Å². The smallest absolute Gasteiger partial charge is 0.265 e. The van der Waals surface area contributed by atoms with E-state index >= 15 is 0 Å². The molecule has 2 N–H and O–H groups in total. The molecule has 1 unspecified atom stereocenters. The van der Waals surface area contributed by atoms with Gasteiger partial charge in [-0.25, -0.2) is 0 Å². The number of benzene rings is 2. The molecule has 3 aliphatic carbocycles. The molecule has 2 aromatic rings. The van der Waals surface area contributed by atoms with Gasteiger partial charge in [0, 0.05) is 16.1 Å². The van der Waals surface area contributed by atoms with Crippen LogP contribution in [0.1, 0.15) is 24.8 Å². The largest absolute Gasteiger partial charge is 0.485 e. The van der Waals surface area contributed by atoms with Crippen molar-refractivity contribution < 1.29 is 23.8 Å². The van der Waals surface area contributed by atoms with E-state index in [1.54, 1.807) is 24.3 Å². The summed E-state index contributed by atoms with van der Waals surface area (Å²) in [7, 11) is 0. The molecule has 0 spiro atoms. The summed E-state index contributed by atoms with van der Waals surface area (Å²) < 4.78 is 17.0. The Bertz CT molecular complexity index is 1040. The molecule has 31 heavy (non-hydrogen) atoms. The summed E-state index contributed by atoms with van der Waals surface area (Å²) in [6.45, 7) is 2.01. The number of para-hydroxylation sites is 2. The lowest BCUT2D eigenvalue weighted by atomic mass is 9.44. The Balaban J connectivity index is 1.08. The minimum atomic E-state index is -0.675. The maximum Gasteiger partial charge on any atom is 0.265 e. The lowest BCUT2D eigenvalue weighted by Gasteiger charge is -2.70. The molecule has 0 radical (unpaired) electrons. The fourth-order valence-corrected chi connectivity index (χ4v) is 4.85. The van der Waals surface area contributed by atoms with Crippen molar-refractivity contribution in [2.75, 3.05) is 13.2 Å². The van der Waals surface area contributed by atoms with Gasteiger partial charge in [0.2, 0.25) is 6.10 Å². The van der Waals surface area contributed by atoms with Gasteiger partial charge in [0.25, 0.3) is 11.8 Å². The van der Waals surface area contributed by atoms with Gasteiger partial charge < -0.3 is 24.8 Å². The van der Waals surface area contributed by atoms with E-state index in [0.717, 1.165) is 5.56 Å². The zero-order chi connectivity index (χ0) is 21.6. The second kappa shape index (κ2) is 7.34. The molecule has 162 valence electrons. The number of hydrogen-bond acceptors (Lipinski definition) is 5. The number of rotatable bonds is 6. The Morgan fingerprint density at radius 2 is 1.81 bits per heavy atom. The molecule has 7 nitrogen and oxygen atoms in total. The van der Waals surface area contributed by atoms with Crippen molar-refractivity contribution in [1.82, 2.24) is 10.6 Å². The number of hydrogen-bond donors (Lipinski definition) is 2. The SMILES string of the molecule is Cc1cc(OCC(=O)NC23CC(NC(=O)C4COc5ccccc5O4)(C2)C3)ccc1Cl. The van der Waals surface area contributed by atoms with E-state index in [9.17, 15) is 9.59 Å². The third-order valence-electron chi connectivity index (χ3n) is 6.12. The molecule has 1 atom stereocenters. The molecule has 4 aliphatic rings. The minimum Gasteiger partial charge on any atom is -0.485 e. The van der Waals surface area contributed by atoms with Crippen molar-refractivity contribution in [2.24, 2.45) is 0 Å². The average molecular weight is 443 g/mol. The van der Waals surface area contributed by atoms with E-state index in [4.69, 9.17) is 25.8 Å². The van der Waals surface area contributed by atoms with Gasteiger partial charge in [0.15, 0.2) is 18.1 Å². The van der Waals surface area contributed by atoms with E-state index in [1.807, 2.05) is 25.1 Å². The predicted molar refractivity (Wildman–Crippen MR) is 114 cm³/mol. The lowest BCUT2D eigenvalue weighted by Crippen LogP contribution is -2.84. The van der Waals surface area contributed by atoms with Crippen LogP contribution in [-0.2, 0) is 9.59 Å². The fourth-order valence-electron chi connectivity index (χ4n) is 4.73. The zero-order valence-corrected chi connectivity index (χ0v) is 17.8. The number of carbonyl (C=O) groups excluding carboxylic acids is 2. The molecular weight excluding hydrogens is 420 g/mol.